The second-order valence-corrected chi connectivity index (χ2v) is 10.1. The maximum atomic E-state index is 10.6. The Balaban J connectivity index is 1.51. The standard InChI is InChI=1S/C24H30ClN5O/c1-15-10-20-18(13-30(15)21-11-22(25)28-19-8-4-7-17(19)21)23(27-14-26-20)29-9-5-6-16(12-29)24(2,3)31/h4,7,11,14-16,31H,5-6,8-10,12-13H2,1-3H3/t15-,16-/m1/s1. The summed E-state index contributed by atoms with van der Waals surface area (Å²) in [5.41, 5.74) is 5.01. The van der Waals surface area contributed by atoms with E-state index in [2.05, 4.69) is 38.8 Å². The highest BCUT2D eigenvalue weighted by Gasteiger charge is 2.35. The van der Waals surface area contributed by atoms with E-state index in [0.717, 1.165) is 68.2 Å². The zero-order valence-corrected chi connectivity index (χ0v) is 19.2. The number of nitrogens with zero attached hydrogens (tertiary/aromatic N) is 5. The highest BCUT2D eigenvalue weighted by Crippen LogP contribution is 2.38. The molecule has 164 valence electrons. The van der Waals surface area contributed by atoms with Crippen molar-refractivity contribution in [3.8, 4) is 0 Å². The molecule has 1 aliphatic carbocycles. The molecule has 1 N–H and O–H groups in total. The average molecular weight is 440 g/mol. The molecule has 0 amide bonds. The van der Waals surface area contributed by atoms with E-state index in [1.54, 1.807) is 6.33 Å². The molecule has 2 aliphatic heterocycles. The summed E-state index contributed by atoms with van der Waals surface area (Å²) in [4.78, 5) is 18.7. The molecule has 3 aliphatic rings. The van der Waals surface area contributed by atoms with Gasteiger partial charge in [0.2, 0.25) is 0 Å². The third kappa shape index (κ3) is 3.80. The van der Waals surface area contributed by atoms with E-state index >= 15 is 0 Å². The molecule has 6 nitrogen and oxygen atoms in total. The van der Waals surface area contributed by atoms with Crippen LogP contribution < -0.4 is 9.80 Å². The zero-order valence-electron chi connectivity index (χ0n) is 18.5. The zero-order chi connectivity index (χ0) is 21.8. The second kappa shape index (κ2) is 7.75. The van der Waals surface area contributed by atoms with Gasteiger partial charge in [-0.2, -0.15) is 0 Å². The number of hydrogen-bond acceptors (Lipinski definition) is 6. The first-order chi connectivity index (χ1) is 14.8. The lowest BCUT2D eigenvalue weighted by Crippen LogP contribution is -2.46. The van der Waals surface area contributed by atoms with Gasteiger partial charge in [0.1, 0.15) is 17.3 Å². The number of allylic oxidation sites excluding steroid dienone is 1. The fourth-order valence-electron chi connectivity index (χ4n) is 5.26. The Kier molecular flexibility index (Phi) is 5.18. The highest BCUT2D eigenvalue weighted by molar-refractivity contribution is 6.29. The number of pyridine rings is 1. The summed E-state index contributed by atoms with van der Waals surface area (Å²) >= 11 is 6.39. The van der Waals surface area contributed by atoms with Crippen LogP contribution in [0.1, 0.15) is 56.1 Å². The molecular formula is C24H30ClN5O. The first kappa shape index (κ1) is 20.7. The molecule has 1 saturated heterocycles. The van der Waals surface area contributed by atoms with Crippen molar-refractivity contribution in [2.45, 2.75) is 64.6 Å². The van der Waals surface area contributed by atoms with Crippen LogP contribution in [0.3, 0.4) is 0 Å². The first-order valence-corrected chi connectivity index (χ1v) is 11.6. The van der Waals surface area contributed by atoms with Crippen LogP contribution in [-0.4, -0.2) is 44.8 Å². The van der Waals surface area contributed by atoms with Crippen molar-refractivity contribution in [1.29, 1.82) is 0 Å². The van der Waals surface area contributed by atoms with Gasteiger partial charge in [0.05, 0.1) is 17.0 Å². The van der Waals surface area contributed by atoms with E-state index in [1.807, 2.05) is 19.9 Å². The van der Waals surface area contributed by atoms with Gasteiger partial charge in [-0.15, -0.1) is 0 Å². The van der Waals surface area contributed by atoms with E-state index < -0.39 is 5.60 Å². The fraction of sp³-hybridized carbons (Fsp3) is 0.542. The van der Waals surface area contributed by atoms with Gasteiger partial charge in [0.25, 0.3) is 0 Å². The summed E-state index contributed by atoms with van der Waals surface area (Å²) < 4.78 is 0. The Labute approximate surface area is 189 Å². The predicted octanol–water partition coefficient (Wildman–Crippen LogP) is 4.03. The van der Waals surface area contributed by atoms with E-state index in [1.165, 1.54) is 11.1 Å². The Morgan fingerprint density at radius 2 is 2.06 bits per heavy atom. The minimum atomic E-state index is -0.688. The Morgan fingerprint density at radius 1 is 1.23 bits per heavy atom. The van der Waals surface area contributed by atoms with Crippen LogP contribution in [-0.2, 0) is 19.4 Å². The average Bonchev–Trinajstić information content (AvgIpc) is 3.20. The Morgan fingerprint density at radius 3 is 2.87 bits per heavy atom. The van der Waals surface area contributed by atoms with Crippen LogP contribution in [0.15, 0.2) is 18.5 Å². The van der Waals surface area contributed by atoms with Crippen LogP contribution >= 0.6 is 11.6 Å². The molecule has 2 atom stereocenters. The molecule has 31 heavy (non-hydrogen) atoms. The molecule has 0 spiro atoms. The molecule has 0 aromatic carbocycles. The van der Waals surface area contributed by atoms with Crippen molar-refractivity contribution < 1.29 is 5.11 Å². The molecule has 7 heteroatoms. The van der Waals surface area contributed by atoms with Crippen LogP contribution in [0, 0.1) is 5.92 Å². The lowest BCUT2D eigenvalue weighted by molar-refractivity contribution is 0.0109. The normalized spacial score (nSPS) is 23.1. The van der Waals surface area contributed by atoms with Crippen LogP contribution in [0.2, 0.25) is 5.15 Å². The second-order valence-electron chi connectivity index (χ2n) is 9.67. The van der Waals surface area contributed by atoms with Crippen LogP contribution in [0.4, 0.5) is 11.5 Å². The van der Waals surface area contributed by atoms with E-state index in [9.17, 15) is 5.11 Å². The highest BCUT2D eigenvalue weighted by atomic mass is 35.5. The maximum Gasteiger partial charge on any atom is 0.137 e. The van der Waals surface area contributed by atoms with E-state index in [0.29, 0.717) is 11.2 Å². The summed E-state index contributed by atoms with van der Waals surface area (Å²) in [5.74, 6) is 1.25. The third-order valence-electron chi connectivity index (χ3n) is 7.07. The number of aliphatic hydroxyl groups is 1. The van der Waals surface area contributed by atoms with Crippen molar-refractivity contribution in [2.24, 2.45) is 5.92 Å². The molecule has 5 rings (SSSR count). The number of aromatic nitrogens is 3. The number of fused-ring (bicyclic) bond motifs is 2. The predicted molar refractivity (Wildman–Crippen MR) is 125 cm³/mol. The van der Waals surface area contributed by atoms with Crippen molar-refractivity contribution in [2.75, 3.05) is 22.9 Å². The van der Waals surface area contributed by atoms with Gasteiger partial charge < -0.3 is 14.9 Å². The van der Waals surface area contributed by atoms with Crippen molar-refractivity contribution in [3.63, 3.8) is 0 Å². The lowest BCUT2D eigenvalue weighted by Gasteiger charge is -2.42. The van der Waals surface area contributed by atoms with Crippen molar-refractivity contribution in [1.82, 2.24) is 15.0 Å². The quantitative estimate of drug-likeness (QED) is 0.728. The van der Waals surface area contributed by atoms with Gasteiger partial charge in [-0.1, -0.05) is 23.8 Å². The van der Waals surface area contributed by atoms with Gasteiger partial charge >= 0.3 is 0 Å². The number of rotatable bonds is 3. The van der Waals surface area contributed by atoms with Crippen LogP contribution in [0.25, 0.3) is 6.08 Å². The summed E-state index contributed by atoms with van der Waals surface area (Å²) in [7, 11) is 0. The van der Waals surface area contributed by atoms with Gasteiger partial charge in [-0.25, -0.2) is 15.0 Å². The number of anilines is 2. The molecule has 4 heterocycles. The van der Waals surface area contributed by atoms with Gasteiger partial charge in [0, 0.05) is 61.2 Å². The minimum Gasteiger partial charge on any atom is -0.390 e. The summed E-state index contributed by atoms with van der Waals surface area (Å²) in [5, 5.41) is 11.1. The molecule has 0 radical (unpaired) electrons. The summed E-state index contributed by atoms with van der Waals surface area (Å²) in [6.07, 6.45) is 9.83. The number of halogens is 1. The number of piperidine rings is 1. The molecule has 0 unspecified atom stereocenters. The van der Waals surface area contributed by atoms with Gasteiger partial charge in [0.15, 0.2) is 0 Å². The van der Waals surface area contributed by atoms with Crippen molar-refractivity contribution >= 4 is 29.2 Å². The third-order valence-corrected chi connectivity index (χ3v) is 7.26. The monoisotopic (exact) mass is 439 g/mol. The topological polar surface area (TPSA) is 65.4 Å². The molecule has 0 bridgehead atoms. The molecular weight excluding hydrogens is 410 g/mol. The van der Waals surface area contributed by atoms with E-state index in [4.69, 9.17) is 16.6 Å². The summed E-state index contributed by atoms with van der Waals surface area (Å²) in [6, 6.07) is 2.30. The van der Waals surface area contributed by atoms with Crippen LogP contribution in [0.5, 0.6) is 0 Å². The SMILES string of the molecule is C[C@@H]1Cc2ncnc(N3CCC[C@@H](C(C)(C)O)C3)c2CN1c1cc(Cl)nc2c1C=CC2. The number of hydrogen-bond donors (Lipinski definition) is 1. The maximum absolute atomic E-state index is 10.6. The first-order valence-electron chi connectivity index (χ1n) is 11.2. The smallest absolute Gasteiger partial charge is 0.137 e. The van der Waals surface area contributed by atoms with Crippen molar-refractivity contribution in [3.05, 3.63) is 46.1 Å². The molecule has 1 fully saturated rings. The Hall–Kier alpha value is -2.18. The van der Waals surface area contributed by atoms with E-state index in [-0.39, 0.29) is 5.92 Å². The Bertz CT molecular complexity index is 1030. The largest absolute Gasteiger partial charge is 0.390 e. The lowest BCUT2D eigenvalue weighted by atomic mass is 9.84. The van der Waals surface area contributed by atoms with Gasteiger partial charge in [-0.05, 0) is 39.7 Å². The van der Waals surface area contributed by atoms with Gasteiger partial charge in [-0.3, -0.25) is 0 Å². The summed E-state index contributed by atoms with van der Waals surface area (Å²) in [6.45, 7) is 8.61. The molecule has 0 saturated carbocycles. The molecule has 2 aromatic heterocycles. The minimum absolute atomic E-state index is 0.234. The fourth-order valence-corrected chi connectivity index (χ4v) is 5.46. The molecule has 2 aromatic rings.